The minimum Gasteiger partial charge on any atom is -0.481 e. The van der Waals surface area contributed by atoms with Crippen molar-refractivity contribution in [1.29, 1.82) is 0 Å². The van der Waals surface area contributed by atoms with E-state index in [4.69, 9.17) is 9.84 Å². The Morgan fingerprint density at radius 1 is 1.12 bits per heavy atom. The molecule has 4 rings (SSSR count). The van der Waals surface area contributed by atoms with E-state index in [-0.39, 0.29) is 19.1 Å². The van der Waals surface area contributed by atoms with Gasteiger partial charge in [-0.3, -0.25) is 9.59 Å². The van der Waals surface area contributed by atoms with Crippen LogP contribution in [0.2, 0.25) is 0 Å². The molecule has 2 aromatic rings. The summed E-state index contributed by atoms with van der Waals surface area (Å²) in [6.45, 7) is 0.578. The van der Waals surface area contributed by atoms with Crippen LogP contribution in [0.25, 0.3) is 11.1 Å². The van der Waals surface area contributed by atoms with Gasteiger partial charge in [-0.1, -0.05) is 48.5 Å². The van der Waals surface area contributed by atoms with Gasteiger partial charge in [0.2, 0.25) is 5.91 Å². The number of carbonyl (C=O) groups excluding carboxylic acids is 2. The number of amides is 2. The monoisotopic (exact) mass is 458 g/mol. The number of nitrogens with one attached hydrogen (secondary N) is 1. The first-order valence-corrected chi connectivity index (χ1v) is 10.7. The highest BCUT2D eigenvalue weighted by molar-refractivity contribution is 5.86. The number of nitrogens with zero attached hydrogens (tertiary/aromatic N) is 1. The average Bonchev–Trinajstić information content (AvgIpc) is 3.10. The molecule has 0 radical (unpaired) electrons. The molecule has 2 N–H and O–H groups in total. The Morgan fingerprint density at radius 3 is 2.27 bits per heavy atom. The van der Waals surface area contributed by atoms with Gasteiger partial charge in [-0.2, -0.15) is 0 Å². The number of alkyl carbamates (subject to hydrolysis) is 1. The maximum absolute atomic E-state index is 13.8. The van der Waals surface area contributed by atoms with Gasteiger partial charge in [0.15, 0.2) is 0 Å². The first kappa shape index (κ1) is 22.7. The third-order valence-corrected chi connectivity index (χ3v) is 6.29. The molecule has 2 unspecified atom stereocenters. The highest BCUT2D eigenvalue weighted by Crippen LogP contribution is 2.44. The summed E-state index contributed by atoms with van der Waals surface area (Å²) in [6, 6.07) is 14.7. The maximum atomic E-state index is 13.8. The molecule has 33 heavy (non-hydrogen) atoms. The highest BCUT2D eigenvalue weighted by atomic mass is 19.3. The van der Waals surface area contributed by atoms with Crippen molar-refractivity contribution in [3.05, 3.63) is 59.7 Å². The van der Waals surface area contributed by atoms with Crippen molar-refractivity contribution in [2.45, 2.75) is 31.2 Å². The van der Waals surface area contributed by atoms with E-state index in [0.717, 1.165) is 27.2 Å². The Labute approximate surface area is 189 Å². The molecule has 1 aliphatic carbocycles. The van der Waals surface area contributed by atoms with Crippen LogP contribution in [0.4, 0.5) is 13.6 Å². The molecule has 7 nitrogen and oxygen atoms in total. The van der Waals surface area contributed by atoms with Gasteiger partial charge in [0.1, 0.15) is 18.6 Å². The van der Waals surface area contributed by atoms with E-state index in [1.807, 2.05) is 48.5 Å². The molecule has 0 saturated carbocycles. The van der Waals surface area contributed by atoms with Crippen LogP contribution in [-0.4, -0.2) is 59.6 Å². The largest absolute Gasteiger partial charge is 0.481 e. The lowest BCUT2D eigenvalue weighted by atomic mass is 9.93. The average molecular weight is 458 g/mol. The summed E-state index contributed by atoms with van der Waals surface area (Å²) in [5, 5.41) is 11.5. The van der Waals surface area contributed by atoms with Crippen molar-refractivity contribution in [3.63, 3.8) is 0 Å². The normalized spacial score (nSPS) is 19.8. The molecule has 2 atom stereocenters. The van der Waals surface area contributed by atoms with Gasteiger partial charge in [0.25, 0.3) is 5.92 Å². The van der Waals surface area contributed by atoms with Crippen molar-refractivity contribution in [1.82, 2.24) is 10.2 Å². The van der Waals surface area contributed by atoms with E-state index in [0.29, 0.717) is 0 Å². The molecule has 9 heteroatoms. The van der Waals surface area contributed by atoms with Gasteiger partial charge in [0, 0.05) is 25.4 Å². The van der Waals surface area contributed by atoms with E-state index < -0.39 is 48.8 Å². The summed E-state index contributed by atoms with van der Waals surface area (Å²) in [4.78, 5) is 37.2. The predicted molar refractivity (Wildman–Crippen MR) is 115 cm³/mol. The molecule has 174 valence electrons. The summed E-state index contributed by atoms with van der Waals surface area (Å²) in [5.41, 5.74) is 4.26. The minimum atomic E-state index is -3.38. The second-order valence-corrected chi connectivity index (χ2v) is 8.38. The van der Waals surface area contributed by atoms with Crippen molar-refractivity contribution in [2.75, 3.05) is 19.7 Å². The van der Waals surface area contributed by atoms with Crippen LogP contribution in [0.15, 0.2) is 48.5 Å². The molecule has 1 aliphatic heterocycles. The number of likely N-dealkylation sites (tertiary alicyclic amines) is 1. The number of fused-ring (bicyclic) bond motifs is 3. The molecular weight excluding hydrogens is 434 g/mol. The predicted octanol–water partition coefficient (Wildman–Crippen LogP) is 3.48. The standard InChI is InChI=1S/C24H24F2N2O5/c1-14(21(29)28-11-10-24(25,26)20(12-28)22(30)31)27-23(32)33-13-19-17-8-4-2-6-15(17)16-7-3-5-9-18(16)19/h2-9,14,19-20H,10-13H2,1H3,(H,27,32)(H,30,31). The molecule has 1 saturated heterocycles. The Hall–Kier alpha value is -3.49. The number of carbonyl (C=O) groups is 3. The van der Waals surface area contributed by atoms with Gasteiger partial charge in [-0.15, -0.1) is 0 Å². The smallest absolute Gasteiger partial charge is 0.407 e. The van der Waals surface area contributed by atoms with Crippen molar-refractivity contribution in [3.8, 4) is 11.1 Å². The number of alkyl halides is 2. The number of carboxylic acids is 1. The van der Waals surface area contributed by atoms with Crippen LogP contribution >= 0.6 is 0 Å². The lowest BCUT2D eigenvalue weighted by molar-refractivity contribution is -0.169. The molecule has 1 heterocycles. The Kier molecular flexibility index (Phi) is 6.05. The molecule has 1 fully saturated rings. The lowest BCUT2D eigenvalue weighted by Crippen LogP contribution is -2.56. The first-order chi connectivity index (χ1) is 15.7. The number of benzene rings is 2. The fourth-order valence-electron chi connectivity index (χ4n) is 4.51. The van der Waals surface area contributed by atoms with Gasteiger partial charge in [-0.05, 0) is 29.2 Å². The summed E-state index contributed by atoms with van der Waals surface area (Å²) in [5.74, 6) is -7.79. The zero-order chi connectivity index (χ0) is 23.8. The van der Waals surface area contributed by atoms with E-state index in [2.05, 4.69) is 5.32 Å². The number of piperidine rings is 1. The Balaban J connectivity index is 1.36. The van der Waals surface area contributed by atoms with Crippen LogP contribution in [-0.2, 0) is 14.3 Å². The molecule has 2 aliphatic rings. The number of hydrogen-bond acceptors (Lipinski definition) is 4. The first-order valence-electron chi connectivity index (χ1n) is 10.7. The fourth-order valence-corrected chi connectivity index (χ4v) is 4.51. The quantitative estimate of drug-likeness (QED) is 0.715. The molecule has 2 aromatic carbocycles. The molecule has 0 spiro atoms. The van der Waals surface area contributed by atoms with Gasteiger partial charge >= 0.3 is 12.1 Å². The number of hydrogen-bond donors (Lipinski definition) is 2. The van der Waals surface area contributed by atoms with E-state index in [9.17, 15) is 23.2 Å². The summed E-state index contributed by atoms with van der Waals surface area (Å²) < 4.78 is 33.0. The maximum Gasteiger partial charge on any atom is 0.407 e. The number of carboxylic acid groups (broad SMARTS) is 1. The van der Waals surface area contributed by atoms with Crippen LogP contribution in [0.1, 0.15) is 30.4 Å². The number of rotatable bonds is 5. The van der Waals surface area contributed by atoms with Gasteiger partial charge < -0.3 is 20.1 Å². The third kappa shape index (κ3) is 4.40. The second kappa shape index (κ2) is 8.80. The Bertz CT molecular complexity index is 1040. The molecule has 0 bridgehead atoms. The van der Waals surface area contributed by atoms with Crippen LogP contribution in [0, 0.1) is 5.92 Å². The van der Waals surface area contributed by atoms with E-state index in [1.54, 1.807) is 0 Å². The second-order valence-electron chi connectivity index (χ2n) is 8.38. The number of halogens is 2. The minimum absolute atomic E-state index is 0.0673. The SMILES string of the molecule is CC(NC(=O)OCC1c2ccccc2-c2ccccc21)C(=O)N1CCC(F)(F)C(C(=O)O)C1. The number of ether oxygens (including phenoxy) is 1. The summed E-state index contributed by atoms with van der Waals surface area (Å²) in [6.07, 6.45) is -1.55. The zero-order valence-electron chi connectivity index (χ0n) is 18.0. The zero-order valence-corrected chi connectivity index (χ0v) is 18.0. The third-order valence-electron chi connectivity index (χ3n) is 6.29. The van der Waals surface area contributed by atoms with Gasteiger partial charge in [-0.25, -0.2) is 13.6 Å². The van der Waals surface area contributed by atoms with Crippen LogP contribution in [0.5, 0.6) is 0 Å². The Morgan fingerprint density at radius 2 is 1.70 bits per heavy atom. The van der Waals surface area contributed by atoms with Crippen LogP contribution in [0.3, 0.4) is 0 Å². The fraction of sp³-hybridized carbons (Fsp3) is 0.375. The van der Waals surface area contributed by atoms with Crippen molar-refractivity contribution >= 4 is 18.0 Å². The summed E-state index contributed by atoms with van der Waals surface area (Å²) >= 11 is 0. The van der Waals surface area contributed by atoms with Crippen molar-refractivity contribution in [2.24, 2.45) is 5.92 Å². The van der Waals surface area contributed by atoms with Gasteiger partial charge in [0.05, 0.1) is 0 Å². The number of aliphatic carboxylic acids is 1. The summed E-state index contributed by atoms with van der Waals surface area (Å²) in [7, 11) is 0. The topological polar surface area (TPSA) is 95.9 Å². The van der Waals surface area contributed by atoms with E-state index >= 15 is 0 Å². The lowest BCUT2D eigenvalue weighted by Gasteiger charge is -2.37. The molecule has 2 amide bonds. The molecular formula is C24H24F2N2O5. The van der Waals surface area contributed by atoms with Crippen LogP contribution < -0.4 is 5.32 Å². The van der Waals surface area contributed by atoms with Crippen molar-refractivity contribution < 1.29 is 33.0 Å². The van der Waals surface area contributed by atoms with E-state index in [1.165, 1.54) is 6.92 Å². The highest BCUT2D eigenvalue weighted by Gasteiger charge is 2.49. The molecule has 0 aromatic heterocycles.